The third kappa shape index (κ3) is 5.43. The Morgan fingerprint density at radius 2 is 1.94 bits per heavy atom. The van der Waals surface area contributed by atoms with Crippen molar-refractivity contribution in [3.63, 3.8) is 0 Å². The number of hydrogen-bond acceptors (Lipinski definition) is 8. The van der Waals surface area contributed by atoms with Gasteiger partial charge in [-0.2, -0.15) is 4.98 Å². The first-order valence-corrected chi connectivity index (χ1v) is 12.4. The second-order valence-corrected chi connectivity index (χ2v) is 9.40. The van der Waals surface area contributed by atoms with Crippen molar-refractivity contribution >= 4 is 28.6 Å². The van der Waals surface area contributed by atoms with E-state index in [0.29, 0.717) is 41.1 Å². The van der Waals surface area contributed by atoms with E-state index < -0.39 is 0 Å². The van der Waals surface area contributed by atoms with Crippen molar-refractivity contribution in [1.82, 2.24) is 24.3 Å². The Bertz CT molecular complexity index is 1300. The molecular weight excluding hydrogens is 458 g/mol. The number of aromatic nitrogens is 3. The van der Waals surface area contributed by atoms with Crippen LogP contribution in [0.3, 0.4) is 0 Å². The molecule has 36 heavy (non-hydrogen) atoms. The molecule has 0 saturated carbocycles. The van der Waals surface area contributed by atoms with Gasteiger partial charge in [0.15, 0.2) is 0 Å². The first-order valence-electron chi connectivity index (χ1n) is 12.4. The maximum absolute atomic E-state index is 13.5. The lowest BCUT2D eigenvalue weighted by Gasteiger charge is -2.32. The number of ether oxygens (including phenoxy) is 1. The van der Waals surface area contributed by atoms with Crippen LogP contribution in [0, 0.1) is 0 Å². The van der Waals surface area contributed by atoms with Gasteiger partial charge in [0.1, 0.15) is 17.0 Å². The summed E-state index contributed by atoms with van der Waals surface area (Å²) in [5, 5.41) is 3.72. The standard InChI is InChI=1S/C26H35N7O3/c1-5-6-17(2)28-23-22-20(29-26(27)30-23)9-10-33(25(22)35)16-19-8-7-18(15-21(19)36-4)24(34)32-13-11-31(3)12-14-32/h7-10,15,17H,5-6,11-14,16H2,1-4H3,(H3,27,28,29,30)/t17-/m1/s1. The van der Waals surface area contributed by atoms with Gasteiger partial charge in [0.05, 0.1) is 19.2 Å². The molecule has 1 atom stereocenters. The second-order valence-electron chi connectivity index (χ2n) is 9.40. The van der Waals surface area contributed by atoms with Crippen LogP contribution in [-0.2, 0) is 6.54 Å². The van der Waals surface area contributed by atoms with Gasteiger partial charge in [-0.3, -0.25) is 9.59 Å². The predicted octanol–water partition coefficient (Wildman–Crippen LogP) is 2.42. The fraction of sp³-hybridized carbons (Fsp3) is 0.462. The molecule has 1 amide bonds. The third-order valence-electron chi connectivity index (χ3n) is 6.61. The highest BCUT2D eigenvalue weighted by atomic mass is 16.5. The Labute approximate surface area is 211 Å². The summed E-state index contributed by atoms with van der Waals surface area (Å²) in [5.74, 6) is 1.11. The van der Waals surface area contributed by atoms with Crippen molar-refractivity contribution in [3.8, 4) is 5.75 Å². The monoisotopic (exact) mass is 493 g/mol. The van der Waals surface area contributed by atoms with E-state index in [2.05, 4.69) is 34.2 Å². The Kier molecular flexibility index (Phi) is 7.73. The van der Waals surface area contributed by atoms with E-state index >= 15 is 0 Å². The Hall–Kier alpha value is -3.66. The van der Waals surface area contributed by atoms with Gasteiger partial charge >= 0.3 is 0 Å². The molecule has 2 aromatic heterocycles. The van der Waals surface area contributed by atoms with E-state index in [-0.39, 0.29) is 30.0 Å². The highest BCUT2D eigenvalue weighted by Gasteiger charge is 2.22. The molecule has 3 aromatic rings. The molecule has 3 heterocycles. The molecule has 0 bridgehead atoms. The summed E-state index contributed by atoms with van der Waals surface area (Å²) in [4.78, 5) is 39.2. The molecule has 1 saturated heterocycles. The van der Waals surface area contributed by atoms with Gasteiger partial charge in [0.25, 0.3) is 11.5 Å². The topological polar surface area (TPSA) is 119 Å². The van der Waals surface area contributed by atoms with Crippen molar-refractivity contribution < 1.29 is 9.53 Å². The summed E-state index contributed by atoms with van der Waals surface area (Å²) in [6.07, 6.45) is 3.63. The molecule has 4 rings (SSSR count). The summed E-state index contributed by atoms with van der Waals surface area (Å²) in [5.41, 5.74) is 7.54. The average molecular weight is 494 g/mol. The quantitative estimate of drug-likeness (QED) is 0.491. The molecule has 1 aliphatic heterocycles. The van der Waals surface area contributed by atoms with Crippen molar-refractivity contribution in [2.45, 2.75) is 39.3 Å². The van der Waals surface area contributed by atoms with E-state index in [1.807, 2.05) is 17.9 Å². The molecule has 0 radical (unpaired) electrons. The maximum atomic E-state index is 13.5. The SMILES string of the molecule is CCC[C@@H](C)Nc1nc(N)nc2ccn(Cc3ccc(C(=O)N4CCN(C)CC4)cc3OC)c(=O)c12. The van der Waals surface area contributed by atoms with Crippen molar-refractivity contribution in [1.29, 1.82) is 0 Å². The predicted molar refractivity (Wildman–Crippen MR) is 142 cm³/mol. The molecule has 1 aromatic carbocycles. The van der Waals surface area contributed by atoms with Gasteiger partial charge in [-0.15, -0.1) is 0 Å². The smallest absolute Gasteiger partial charge is 0.264 e. The number of amides is 1. The number of benzene rings is 1. The van der Waals surface area contributed by atoms with E-state index in [0.717, 1.165) is 31.5 Å². The van der Waals surface area contributed by atoms with Crippen molar-refractivity contribution in [3.05, 3.63) is 51.9 Å². The van der Waals surface area contributed by atoms with Gasteiger partial charge in [0, 0.05) is 49.5 Å². The minimum absolute atomic E-state index is 0.0116. The molecule has 0 spiro atoms. The number of nitrogens with two attached hydrogens (primary N) is 1. The van der Waals surface area contributed by atoms with Crippen molar-refractivity contribution in [2.75, 3.05) is 51.4 Å². The van der Waals surface area contributed by atoms with E-state index in [9.17, 15) is 9.59 Å². The largest absolute Gasteiger partial charge is 0.496 e. The molecule has 1 fully saturated rings. The zero-order valence-electron chi connectivity index (χ0n) is 21.5. The number of fused-ring (bicyclic) bond motifs is 1. The van der Waals surface area contributed by atoms with Crippen LogP contribution >= 0.6 is 0 Å². The van der Waals surface area contributed by atoms with Gasteiger partial charge in [0.2, 0.25) is 5.95 Å². The normalized spacial score (nSPS) is 15.2. The van der Waals surface area contributed by atoms with Crippen LogP contribution in [-0.4, -0.2) is 76.6 Å². The van der Waals surface area contributed by atoms with Crippen LogP contribution in [0.5, 0.6) is 5.75 Å². The summed E-state index contributed by atoms with van der Waals surface area (Å²) in [6, 6.07) is 7.30. The molecule has 0 aliphatic carbocycles. The number of pyridine rings is 1. The highest BCUT2D eigenvalue weighted by Crippen LogP contribution is 2.24. The Morgan fingerprint density at radius 3 is 2.64 bits per heavy atom. The van der Waals surface area contributed by atoms with E-state index in [4.69, 9.17) is 10.5 Å². The number of methoxy groups -OCH3 is 1. The Balaban J connectivity index is 1.64. The van der Waals surface area contributed by atoms with Gasteiger partial charge in [-0.05, 0) is 38.6 Å². The fourth-order valence-electron chi connectivity index (χ4n) is 4.55. The van der Waals surface area contributed by atoms with Crippen LogP contribution < -0.4 is 21.3 Å². The summed E-state index contributed by atoms with van der Waals surface area (Å²) in [6.45, 7) is 7.54. The number of nitrogen functional groups attached to an aromatic ring is 1. The second kappa shape index (κ2) is 10.9. The molecule has 3 N–H and O–H groups in total. The maximum Gasteiger partial charge on any atom is 0.264 e. The lowest BCUT2D eigenvalue weighted by atomic mass is 10.1. The summed E-state index contributed by atoms with van der Waals surface area (Å²) >= 11 is 0. The number of piperazine rings is 1. The molecule has 10 nitrogen and oxygen atoms in total. The summed E-state index contributed by atoms with van der Waals surface area (Å²) < 4.78 is 7.21. The first-order chi connectivity index (χ1) is 17.3. The minimum Gasteiger partial charge on any atom is -0.496 e. The van der Waals surface area contributed by atoms with Gasteiger partial charge < -0.3 is 30.2 Å². The zero-order chi connectivity index (χ0) is 25.8. The highest BCUT2D eigenvalue weighted by molar-refractivity contribution is 5.95. The molecule has 10 heteroatoms. The van der Waals surface area contributed by atoms with Gasteiger partial charge in [-0.25, -0.2) is 4.98 Å². The van der Waals surface area contributed by atoms with Crippen molar-refractivity contribution in [2.24, 2.45) is 0 Å². The molecule has 1 aliphatic rings. The number of anilines is 2. The zero-order valence-corrected chi connectivity index (χ0v) is 21.5. The van der Waals surface area contributed by atoms with E-state index in [1.54, 1.807) is 36.1 Å². The number of carbonyl (C=O) groups excluding carboxylic acids is 1. The van der Waals surface area contributed by atoms with Crippen LogP contribution in [0.25, 0.3) is 10.9 Å². The summed E-state index contributed by atoms with van der Waals surface area (Å²) in [7, 11) is 3.63. The van der Waals surface area contributed by atoms with E-state index in [1.165, 1.54) is 0 Å². The first kappa shape index (κ1) is 25.4. The number of likely N-dealkylation sites (N-methyl/N-ethyl adjacent to an activating group) is 1. The fourth-order valence-corrected chi connectivity index (χ4v) is 4.55. The third-order valence-corrected chi connectivity index (χ3v) is 6.61. The number of nitrogens with one attached hydrogen (secondary N) is 1. The molecule has 0 unspecified atom stereocenters. The number of rotatable bonds is 8. The molecule has 192 valence electrons. The van der Waals surface area contributed by atoms with Crippen LogP contribution in [0.1, 0.15) is 42.6 Å². The lowest BCUT2D eigenvalue weighted by Crippen LogP contribution is -2.47. The number of carbonyl (C=O) groups is 1. The van der Waals surface area contributed by atoms with Gasteiger partial charge in [-0.1, -0.05) is 19.4 Å². The van der Waals surface area contributed by atoms with Crippen LogP contribution in [0.4, 0.5) is 11.8 Å². The number of nitrogens with zero attached hydrogens (tertiary/aromatic N) is 5. The molecular formula is C26H35N7O3. The average Bonchev–Trinajstić information content (AvgIpc) is 2.85. The Morgan fingerprint density at radius 1 is 1.19 bits per heavy atom. The number of hydrogen-bond donors (Lipinski definition) is 2. The minimum atomic E-state index is -0.224. The van der Waals surface area contributed by atoms with Crippen LogP contribution in [0.2, 0.25) is 0 Å². The lowest BCUT2D eigenvalue weighted by molar-refractivity contribution is 0.0663. The van der Waals surface area contributed by atoms with Crippen LogP contribution in [0.15, 0.2) is 35.3 Å².